The van der Waals surface area contributed by atoms with E-state index in [9.17, 15) is 14.9 Å². The van der Waals surface area contributed by atoms with Crippen LogP contribution in [0.2, 0.25) is 0 Å². The third-order valence-corrected chi connectivity index (χ3v) is 4.63. The Morgan fingerprint density at radius 1 is 1.63 bits per heavy atom. The maximum absolute atomic E-state index is 12.3. The van der Waals surface area contributed by atoms with Gasteiger partial charge in [-0.1, -0.05) is 17.8 Å². The molecule has 2 rings (SSSR count). The molecular formula is C12H17N3O3S. The van der Waals surface area contributed by atoms with Gasteiger partial charge in [0.05, 0.1) is 10.5 Å². The van der Waals surface area contributed by atoms with Gasteiger partial charge in [-0.05, 0) is 25.3 Å². The van der Waals surface area contributed by atoms with Gasteiger partial charge in [0.25, 0.3) is 5.91 Å². The van der Waals surface area contributed by atoms with Crippen molar-refractivity contribution in [2.75, 3.05) is 13.6 Å². The van der Waals surface area contributed by atoms with Gasteiger partial charge >= 0.3 is 5.00 Å². The van der Waals surface area contributed by atoms with Crippen LogP contribution in [0.4, 0.5) is 5.00 Å². The molecule has 0 saturated heterocycles. The first kappa shape index (κ1) is 14.0. The molecule has 104 valence electrons. The number of rotatable bonds is 4. The molecule has 2 atom stereocenters. The van der Waals surface area contributed by atoms with Crippen molar-refractivity contribution >= 4 is 22.2 Å². The number of amides is 1. The molecule has 0 bridgehead atoms. The molecule has 0 spiro atoms. The largest absolute Gasteiger partial charge is 0.338 e. The Morgan fingerprint density at radius 2 is 2.37 bits per heavy atom. The fourth-order valence-corrected chi connectivity index (χ4v) is 3.39. The van der Waals surface area contributed by atoms with Gasteiger partial charge in [-0.25, -0.2) is 0 Å². The van der Waals surface area contributed by atoms with E-state index in [0.717, 1.165) is 30.6 Å². The number of hydrogen-bond donors (Lipinski definition) is 1. The summed E-state index contributed by atoms with van der Waals surface area (Å²) < 4.78 is 0. The highest BCUT2D eigenvalue weighted by Gasteiger charge is 2.32. The molecule has 1 saturated carbocycles. The zero-order valence-corrected chi connectivity index (χ0v) is 11.6. The van der Waals surface area contributed by atoms with Crippen molar-refractivity contribution in [1.82, 2.24) is 4.90 Å². The predicted molar refractivity (Wildman–Crippen MR) is 73.3 cm³/mol. The lowest BCUT2D eigenvalue weighted by molar-refractivity contribution is -0.380. The Morgan fingerprint density at radius 3 is 2.95 bits per heavy atom. The van der Waals surface area contributed by atoms with Gasteiger partial charge < -0.3 is 10.6 Å². The van der Waals surface area contributed by atoms with Crippen LogP contribution in [0.5, 0.6) is 0 Å². The summed E-state index contributed by atoms with van der Waals surface area (Å²) in [4.78, 5) is 24.2. The van der Waals surface area contributed by atoms with Crippen LogP contribution in [0.15, 0.2) is 11.4 Å². The minimum Gasteiger partial charge on any atom is -0.338 e. The molecule has 2 unspecified atom stereocenters. The van der Waals surface area contributed by atoms with E-state index in [2.05, 4.69) is 0 Å². The summed E-state index contributed by atoms with van der Waals surface area (Å²) in [6.07, 6.45) is 3.08. The minimum absolute atomic E-state index is 0.00135. The zero-order chi connectivity index (χ0) is 14.0. The molecule has 1 heterocycles. The normalized spacial score (nSPS) is 22.4. The highest BCUT2D eigenvalue weighted by Crippen LogP contribution is 2.30. The summed E-state index contributed by atoms with van der Waals surface area (Å²) in [5.41, 5.74) is 6.11. The second kappa shape index (κ2) is 5.66. The molecule has 1 aromatic rings. The number of thiophene rings is 1. The van der Waals surface area contributed by atoms with E-state index in [1.807, 2.05) is 0 Å². The number of nitrogens with two attached hydrogens (primary N) is 1. The van der Waals surface area contributed by atoms with E-state index >= 15 is 0 Å². The number of carbonyl (C=O) groups excluding carboxylic acids is 1. The fraction of sp³-hybridized carbons (Fsp3) is 0.583. The SMILES string of the molecule is CN(C(=O)c1csc([N+](=O)[O-])c1)C1CCCC1CN. The van der Waals surface area contributed by atoms with Crippen molar-refractivity contribution in [2.24, 2.45) is 11.7 Å². The molecule has 2 N–H and O–H groups in total. The third kappa shape index (κ3) is 2.76. The molecule has 1 aliphatic rings. The zero-order valence-electron chi connectivity index (χ0n) is 10.7. The van der Waals surface area contributed by atoms with E-state index in [1.165, 1.54) is 6.07 Å². The van der Waals surface area contributed by atoms with Gasteiger partial charge in [0.1, 0.15) is 0 Å². The number of nitrogens with zero attached hydrogens (tertiary/aromatic N) is 2. The molecule has 1 aromatic heterocycles. The topological polar surface area (TPSA) is 89.5 Å². The Bertz CT molecular complexity index is 488. The van der Waals surface area contributed by atoms with Crippen LogP contribution in [-0.4, -0.2) is 35.4 Å². The molecule has 1 fully saturated rings. The van der Waals surface area contributed by atoms with Crippen molar-refractivity contribution in [3.05, 3.63) is 27.1 Å². The van der Waals surface area contributed by atoms with Gasteiger partial charge in [0.2, 0.25) is 0 Å². The van der Waals surface area contributed by atoms with Crippen LogP contribution in [0.3, 0.4) is 0 Å². The summed E-state index contributed by atoms with van der Waals surface area (Å²) >= 11 is 0.981. The molecule has 1 aliphatic carbocycles. The van der Waals surface area contributed by atoms with Crippen molar-refractivity contribution < 1.29 is 9.72 Å². The van der Waals surface area contributed by atoms with Gasteiger partial charge in [0.15, 0.2) is 0 Å². The van der Waals surface area contributed by atoms with E-state index in [4.69, 9.17) is 5.73 Å². The van der Waals surface area contributed by atoms with Crippen LogP contribution in [0.25, 0.3) is 0 Å². The molecule has 1 amide bonds. The Labute approximate surface area is 115 Å². The fourth-order valence-electron chi connectivity index (χ4n) is 2.69. The molecule has 19 heavy (non-hydrogen) atoms. The summed E-state index contributed by atoms with van der Waals surface area (Å²) in [6, 6.07) is 1.49. The summed E-state index contributed by atoms with van der Waals surface area (Å²) in [5.74, 6) is 0.178. The van der Waals surface area contributed by atoms with Gasteiger partial charge in [-0.2, -0.15) is 0 Å². The predicted octanol–water partition coefficient (Wildman–Crippen LogP) is 1.86. The molecule has 0 aromatic carbocycles. The van der Waals surface area contributed by atoms with Crippen LogP contribution >= 0.6 is 11.3 Å². The third-order valence-electron chi connectivity index (χ3n) is 3.75. The minimum atomic E-state index is -0.473. The summed E-state index contributed by atoms with van der Waals surface area (Å²) in [7, 11) is 1.75. The number of carbonyl (C=O) groups is 1. The van der Waals surface area contributed by atoms with E-state index in [-0.39, 0.29) is 17.0 Å². The molecule has 6 nitrogen and oxygen atoms in total. The van der Waals surface area contributed by atoms with Crippen LogP contribution < -0.4 is 5.73 Å². The monoisotopic (exact) mass is 283 g/mol. The first-order valence-corrected chi connectivity index (χ1v) is 7.12. The lowest BCUT2D eigenvalue weighted by atomic mass is 10.0. The second-order valence-electron chi connectivity index (χ2n) is 4.84. The second-order valence-corrected chi connectivity index (χ2v) is 5.73. The number of nitro groups is 1. The summed E-state index contributed by atoms with van der Waals surface area (Å²) in [6.45, 7) is 0.575. The smallest absolute Gasteiger partial charge is 0.324 e. The summed E-state index contributed by atoms with van der Waals surface area (Å²) in [5, 5.41) is 12.2. The van der Waals surface area contributed by atoms with Crippen molar-refractivity contribution in [3.63, 3.8) is 0 Å². The number of hydrogen-bond acceptors (Lipinski definition) is 5. The highest BCUT2D eigenvalue weighted by molar-refractivity contribution is 7.13. The van der Waals surface area contributed by atoms with E-state index < -0.39 is 4.92 Å². The van der Waals surface area contributed by atoms with Crippen LogP contribution in [0, 0.1) is 16.0 Å². The Hall–Kier alpha value is -1.47. The lowest BCUT2D eigenvalue weighted by Crippen LogP contribution is -2.41. The Balaban J connectivity index is 2.11. The van der Waals surface area contributed by atoms with Crippen LogP contribution in [-0.2, 0) is 0 Å². The maximum Gasteiger partial charge on any atom is 0.324 e. The quantitative estimate of drug-likeness (QED) is 0.674. The standard InChI is InChI=1S/C12H17N3O3S/c1-14(10-4-2-3-8(10)6-13)12(16)9-5-11(15(17)18)19-7-9/h5,7-8,10H,2-4,6,13H2,1H3. The molecule has 7 heteroatoms. The average Bonchev–Trinajstić information content (AvgIpc) is 3.05. The first-order valence-electron chi connectivity index (χ1n) is 6.24. The maximum atomic E-state index is 12.3. The van der Waals surface area contributed by atoms with Crippen LogP contribution in [0.1, 0.15) is 29.6 Å². The van der Waals surface area contributed by atoms with E-state index in [1.54, 1.807) is 17.3 Å². The van der Waals surface area contributed by atoms with Crippen molar-refractivity contribution in [2.45, 2.75) is 25.3 Å². The molecule has 0 aliphatic heterocycles. The lowest BCUT2D eigenvalue weighted by Gasteiger charge is -2.28. The van der Waals surface area contributed by atoms with Gasteiger partial charge in [0, 0.05) is 24.5 Å². The van der Waals surface area contributed by atoms with Gasteiger partial charge in [-0.15, -0.1) is 0 Å². The Kier molecular flexibility index (Phi) is 4.16. The average molecular weight is 283 g/mol. The van der Waals surface area contributed by atoms with E-state index in [0.29, 0.717) is 18.0 Å². The highest BCUT2D eigenvalue weighted by atomic mass is 32.1. The first-order chi connectivity index (χ1) is 9.04. The van der Waals surface area contributed by atoms with Crippen molar-refractivity contribution in [3.8, 4) is 0 Å². The van der Waals surface area contributed by atoms with Crippen molar-refractivity contribution in [1.29, 1.82) is 0 Å². The molecule has 0 radical (unpaired) electrons. The van der Waals surface area contributed by atoms with Gasteiger partial charge in [-0.3, -0.25) is 14.9 Å². The molecular weight excluding hydrogens is 266 g/mol.